The van der Waals surface area contributed by atoms with E-state index < -0.39 is 11.9 Å². The fraction of sp³-hybridized carbons (Fsp3) is 0.800. The molecular weight excluding hydrogens is 184 g/mol. The first kappa shape index (κ1) is 9.96. The minimum Gasteiger partial charge on any atom is -0.496 e. The molecule has 14 heavy (non-hydrogen) atoms. The average Bonchev–Trinajstić information content (AvgIpc) is 2.60. The summed E-state index contributed by atoms with van der Waals surface area (Å²) in [5.74, 6) is 0.0530. The summed E-state index contributed by atoms with van der Waals surface area (Å²) in [5, 5.41) is 9.60. The van der Waals surface area contributed by atoms with Crippen molar-refractivity contribution in [1.29, 1.82) is 0 Å². The lowest BCUT2D eigenvalue weighted by Gasteiger charge is -2.37. The molecule has 1 saturated heterocycles. The van der Waals surface area contributed by atoms with E-state index in [4.69, 9.17) is 14.2 Å². The van der Waals surface area contributed by atoms with Crippen molar-refractivity contribution in [2.75, 3.05) is 20.8 Å². The second-order valence-electron chi connectivity index (χ2n) is 3.74. The van der Waals surface area contributed by atoms with Gasteiger partial charge in [0, 0.05) is 13.0 Å². The third-order valence-corrected chi connectivity index (χ3v) is 3.06. The first-order chi connectivity index (χ1) is 6.73. The smallest absolute Gasteiger partial charge is 0.230 e. The minimum absolute atomic E-state index is 0.197. The lowest BCUT2D eigenvalue weighted by atomic mass is 9.85. The van der Waals surface area contributed by atoms with Gasteiger partial charge in [-0.25, -0.2) is 0 Å². The molecule has 1 heterocycles. The SMILES string of the molecule is COC1=C[C@H](O)C[C@H]2CCO[C@@]12OC. The molecule has 2 aliphatic rings. The van der Waals surface area contributed by atoms with E-state index >= 15 is 0 Å². The van der Waals surface area contributed by atoms with Gasteiger partial charge in [0.1, 0.15) is 0 Å². The van der Waals surface area contributed by atoms with E-state index in [2.05, 4.69) is 0 Å². The van der Waals surface area contributed by atoms with E-state index in [1.165, 1.54) is 0 Å². The summed E-state index contributed by atoms with van der Waals surface area (Å²) in [5.41, 5.74) is 0. The monoisotopic (exact) mass is 200 g/mol. The molecule has 0 aromatic heterocycles. The highest BCUT2D eigenvalue weighted by Crippen LogP contribution is 2.44. The Hall–Kier alpha value is -0.580. The van der Waals surface area contributed by atoms with E-state index in [9.17, 15) is 5.11 Å². The van der Waals surface area contributed by atoms with Crippen molar-refractivity contribution in [2.24, 2.45) is 5.92 Å². The molecule has 0 radical (unpaired) electrons. The molecule has 1 N–H and O–H groups in total. The summed E-state index contributed by atoms with van der Waals surface area (Å²) in [6.07, 6.45) is 2.82. The van der Waals surface area contributed by atoms with Gasteiger partial charge in [-0.2, -0.15) is 0 Å². The molecule has 1 aliphatic carbocycles. The van der Waals surface area contributed by atoms with Crippen molar-refractivity contribution < 1.29 is 19.3 Å². The molecule has 2 rings (SSSR count). The Morgan fingerprint density at radius 1 is 1.57 bits per heavy atom. The Morgan fingerprint density at radius 3 is 3.00 bits per heavy atom. The highest BCUT2D eigenvalue weighted by molar-refractivity contribution is 5.17. The van der Waals surface area contributed by atoms with Crippen molar-refractivity contribution in [3.63, 3.8) is 0 Å². The standard InChI is InChI=1S/C10H16O4/c1-12-9-6-8(11)5-7-3-4-14-10(7,9)13-2/h6-8,11H,3-5H2,1-2H3/t7-,8-,10-/m1/s1. The Bertz CT molecular complexity index is 251. The van der Waals surface area contributed by atoms with Gasteiger partial charge >= 0.3 is 0 Å². The normalized spacial score (nSPS) is 41.8. The second kappa shape index (κ2) is 3.53. The molecule has 4 heteroatoms. The summed E-state index contributed by atoms with van der Waals surface area (Å²) in [7, 11) is 3.19. The second-order valence-corrected chi connectivity index (χ2v) is 3.74. The van der Waals surface area contributed by atoms with E-state index in [0.717, 1.165) is 6.42 Å². The fourth-order valence-corrected chi connectivity index (χ4v) is 2.39. The number of hydrogen-bond acceptors (Lipinski definition) is 4. The largest absolute Gasteiger partial charge is 0.496 e. The van der Waals surface area contributed by atoms with Crippen LogP contribution in [0, 0.1) is 5.92 Å². The first-order valence-electron chi connectivity index (χ1n) is 4.86. The van der Waals surface area contributed by atoms with Crippen LogP contribution in [-0.2, 0) is 14.2 Å². The van der Waals surface area contributed by atoms with Crippen molar-refractivity contribution >= 4 is 0 Å². The van der Waals surface area contributed by atoms with Crippen LogP contribution in [0.4, 0.5) is 0 Å². The van der Waals surface area contributed by atoms with Crippen LogP contribution in [0.5, 0.6) is 0 Å². The molecule has 80 valence electrons. The highest BCUT2D eigenvalue weighted by atomic mass is 16.7. The number of methoxy groups -OCH3 is 2. The third-order valence-electron chi connectivity index (χ3n) is 3.06. The fourth-order valence-electron chi connectivity index (χ4n) is 2.39. The Kier molecular flexibility index (Phi) is 2.51. The Balaban J connectivity index is 2.34. The summed E-state index contributed by atoms with van der Waals surface area (Å²) in [4.78, 5) is 0. The first-order valence-corrected chi connectivity index (χ1v) is 4.86. The maximum atomic E-state index is 9.60. The number of hydrogen-bond donors (Lipinski definition) is 1. The van der Waals surface area contributed by atoms with Gasteiger partial charge in [-0.15, -0.1) is 0 Å². The number of fused-ring (bicyclic) bond motifs is 1. The van der Waals surface area contributed by atoms with E-state index in [1.807, 2.05) is 0 Å². The topological polar surface area (TPSA) is 47.9 Å². The van der Waals surface area contributed by atoms with Gasteiger partial charge in [0.25, 0.3) is 0 Å². The van der Waals surface area contributed by atoms with Crippen LogP contribution >= 0.6 is 0 Å². The van der Waals surface area contributed by atoms with E-state index in [0.29, 0.717) is 18.8 Å². The average molecular weight is 200 g/mol. The molecule has 0 aromatic carbocycles. The molecule has 0 bridgehead atoms. The molecule has 0 spiro atoms. The zero-order chi connectivity index (χ0) is 10.2. The number of rotatable bonds is 2. The summed E-state index contributed by atoms with van der Waals surface area (Å²) in [6, 6.07) is 0. The lowest BCUT2D eigenvalue weighted by molar-refractivity contribution is -0.217. The minimum atomic E-state index is -0.742. The van der Waals surface area contributed by atoms with Crippen LogP contribution in [0.15, 0.2) is 11.8 Å². The number of aliphatic hydroxyl groups excluding tert-OH is 1. The zero-order valence-electron chi connectivity index (χ0n) is 8.53. The Morgan fingerprint density at radius 2 is 2.36 bits per heavy atom. The molecule has 0 amide bonds. The number of ether oxygens (including phenoxy) is 3. The predicted molar refractivity (Wildman–Crippen MR) is 49.5 cm³/mol. The van der Waals surface area contributed by atoms with Crippen LogP contribution in [0.1, 0.15) is 12.8 Å². The third kappa shape index (κ3) is 1.26. The van der Waals surface area contributed by atoms with Gasteiger partial charge in [0.2, 0.25) is 5.79 Å². The van der Waals surface area contributed by atoms with Gasteiger partial charge in [0.15, 0.2) is 5.76 Å². The molecule has 0 unspecified atom stereocenters. The molecule has 0 aromatic rings. The zero-order valence-corrected chi connectivity index (χ0v) is 8.53. The van der Waals surface area contributed by atoms with Gasteiger partial charge in [0.05, 0.1) is 19.8 Å². The quantitative estimate of drug-likeness (QED) is 0.711. The van der Waals surface area contributed by atoms with Gasteiger partial charge in [-0.3, -0.25) is 0 Å². The van der Waals surface area contributed by atoms with Crippen LogP contribution in [0.3, 0.4) is 0 Å². The lowest BCUT2D eigenvalue weighted by Crippen LogP contribution is -2.44. The van der Waals surface area contributed by atoms with E-state index in [1.54, 1.807) is 20.3 Å². The van der Waals surface area contributed by atoms with Crippen LogP contribution < -0.4 is 0 Å². The van der Waals surface area contributed by atoms with Crippen LogP contribution in [-0.4, -0.2) is 37.8 Å². The molecule has 3 atom stereocenters. The van der Waals surface area contributed by atoms with Gasteiger partial charge in [-0.1, -0.05) is 0 Å². The van der Waals surface area contributed by atoms with E-state index in [-0.39, 0.29) is 5.92 Å². The van der Waals surface area contributed by atoms with Crippen molar-refractivity contribution in [3.05, 3.63) is 11.8 Å². The number of aliphatic hydroxyl groups is 1. The predicted octanol–water partition coefficient (Wildman–Crippen LogP) is 0.660. The molecule has 1 aliphatic heterocycles. The maximum absolute atomic E-state index is 9.60. The molecule has 0 saturated carbocycles. The van der Waals surface area contributed by atoms with Crippen LogP contribution in [0.25, 0.3) is 0 Å². The maximum Gasteiger partial charge on any atom is 0.230 e. The van der Waals surface area contributed by atoms with Crippen LogP contribution in [0.2, 0.25) is 0 Å². The molecular formula is C10H16O4. The van der Waals surface area contributed by atoms with Crippen molar-refractivity contribution in [2.45, 2.75) is 24.7 Å². The Labute approximate surface area is 83.5 Å². The summed E-state index contributed by atoms with van der Waals surface area (Å²) >= 11 is 0. The highest BCUT2D eigenvalue weighted by Gasteiger charge is 2.52. The van der Waals surface area contributed by atoms with Crippen molar-refractivity contribution in [1.82, 2.24) is 0 Å². The van der Waals surface area contributed by atoms with Gasteiger partial charge in [-0.05, 0) is 18.9 Å². The molecule has 1 fully saturated rings. The van der Waals surface area contributed by atoms with Crippen molar-refractivity contribution in [3.8, 4) is 0 Å². The summed E-state index contributed by atoms with van der Waals surface area (Å²) in [6.45, 7) is 0.659. The molecule has 4 nitrogen and oxygen atoms in total. The summed E-state index contributed by atoms with van der Waals surface area (Å²) < 4.78 is 16.3. The van der Waals surface area contributed by atoms with Gasteiger partial charge < -0.3 is 19.3 Å².